The van der Waals surface area contributed by atoms with Gasteiger partial charge in [0.2, 0.25) is 0 Å². The van der Waals surface area contributed by atoms with Crippen molar-refractivity contribution in [2.45, 2.75) is 13.0 Å². The fourth-order valence-corrected chi connectivity index (χ4v) is 2.25. The Balaban J connectivity index is 2.15. The van der Waals surface area contributed by atoms with Gasteiger partial charge >= 0.3 is 0 Å². The molecule has 2 aromatic heterocycles. The third-order valence-corrected chi connectivity index (χ3v) is 3.35. The second-order valence-corrected chi connectivity index (χ2v) is 4.93. The maximum atomic E-state index is 12.0. The molecule has 0 saturated heterocycles. The van der Waals surface area contributed by atoms with Crippen LogP contribution in [-0.2, 0) is 0 Å². The fraction of sp³-hybridized carbons (Fsp3) is 0.182. The van der Waals surface area contributed by atoms with Gasteiger partial charge < -0.3 is 15.5 Å². The summed E-state index contributed by atoms with van der Waals surface area (Å²) in [6.07, 6.45) is 1.50. The molecule has 7 heteroatoms. The largest absolute Gasteiger partial charge is 0.467 e. The van der Waals surface area contributed by atoms with Crippen molar-refractivity contribution < 1.29 is 9.21 Å². The van der Waals surface area contributed by atoms with Crippen LogP contribution in [0.15, 0.2) is 28.9 Å². The SMILES string of the molecule is Cc1cc(C(=O)NC(C(N)=S)c2ccco2)sn1. The Hall–Kier alpha value is -1.73. The Kier molecular flexibility index (Phi) is 3.73. The smallest absolute Gasteiger partial charge is 0.263 e. The number of aromatic nitrogens is 1. The number of carbonyl (C=O) groups is 1. The van der Waals surface area contributed by atoms with Gasteiger partial charge in [0.05, 0.1) is 12.0 Å². The molecular formula is C11H11N3O2S2. The molecule has 5 nitrogen and oxygen atoms in total. The number of nitrogens with zero attached hydrogens (tertiary/aromatic N) is 1. The first-order valence-electron chi connectivity index (χ1n) is 5.15. The number of aryl methyl sites for hydroxylation is 1. The maximum Gasteiger partial charge on any atom is 0.263 e. The third kappa shape index (κ3) is 2.74. The number of furan rings is 1. The molecule has 0 spiro atoms. The van der Waals surface area contributed by atoms with Crippen LogP contribution >= 0.6 is 23.8 Å². The average Bonchev–Trinajstić information content (AvgIpc) is 2.95. The first-order valence-corrected chi connectivity index (χ1v) is 6.33. The number of nitrogens with two attached hydrogens (primary N) is 1. The molecule has 1 amide bonds. The zero-order chi connectivity index (χ0) is 13.1. The van der Waals surface area contributed by atoms with Crippen molar-refractivity contribution in [3.8, 4) is 0 Å². The van der Waals surface area contributed by atoms with Crippen LogP contribution in [0.2, 0.25) is 0 Å². The van der Waals surface area contributed by atoms with E-state index in [0.29, 0.717) is 10.6 Å². The van der Waals surface area contributed by atoms with Gasteiger partial charge in [0.25, 0.3) is 5.91 Å². The summed E-state index contributed by atoms with van der Waals surface area (Å²) in [5.41, 5.74) is 6.40. The molecule has 0 aliphatic carbocycles. The average molecular weight is 281 g/mol. The summed E-state index contributed by atoms with van der Waals surface area (Å²) in [5.74, 6) is 0.242. The van der Waals surface area contributed by atoms with Crippen LogP contribution in [-0.4, -0.2) is 15.3 Å². The van der Waals surface area contributed by atoms with Crippen LogP contribution in [0.4, 0.5) is 0 Å². The Bertz CT molecular complexity index is 563. The molecule has 0 radical (unpaired) electrons. The summed E-state index contributed by atoms with van der Waals surface area (Å²) < 4.78 is 9.25. The van der Waals surface area contributed by atoms with Crippen LogP contribution in [0.25, 0.3) is 0 Å². The minimum Gasteiger partial charge on any atom is -0.467 e. The molecule has 0 bridgehead atoms. The molecule has 0 aliphatic rings. The number of thiocarbonyl (C=S) groups is 1. The van der Waals surface area contributed by atoms with E-state index in [1.807, 2.05) is 6.92 Å². The lowest BCUT2D eigenvalue weighted by Crippen LogP contribution is -2.36. The van der Waals surface area contributed by atoms with Crippen LogP contribution < -0.4 is 11.1 Å². The highest BCUT2D eigenvalue weighted by Gasteiger charge is 2.21. The van der Waals surface area contributed by atoms with Crippen LogP contribution in [0, 0.1) is 6.92 Å². The molecule has 0 saturated carbocycles. The van der Waals surface area contributed by atoms with E-state index in [0.717, 1.165) is 17.2 Å². The van der Waals surface area contributed by atoms with Gasteiger partial charge in [-0.2, -0.15) is 4.37 Å². The number of nitrogens with one attached hydrogen (secondary N) is 1. The Morgan fingerprint density at radius 1 is 1.67 bits per heavy atom. The fourth-order valence-electron chi connectivity index (χ4n) is 1.41. The minimum atomic E-state index is -0.607. The van der Waals surface area contributed by atoms with E-state index >= 15 is 0 Å². The highest BCUT2D eigenvalue weighted by Crippen LogP contribution is 2.16. The van der Waals surface area contributed by atoms with Crippen molar-refractivity contribution >= 4 is 34.6 Å². The summed E-state index contributed by atoms with van der Waals surface area (Å²) >= 11 is 6.06. The molecule has 1 atom stereocenters. The lowest BCUT2D eigenvalue weighted by molar-refractivity contribution is 0.0947. The van der Waals surface area contributed by atoms with Gasteiger partial charge in [0.1, 0.15) is 21.7 Å². The molecule has 18 heavy (non-hydrogen) atoms. The third-order valence-electron chi connectivity index (χ3n) is 2.24. The maximum absolute atomic E-state index is 12.0. The molecule has 2 aromatic rings. The second-order valence-electron chi connectivity index (χ2n) is 3.66. The lowest BCUT2D eigenvalue weighted by Gasteiger charge is -2.14. The van der Waals surface area contributed by atoms with Gasteiger partial charge in [0, 0.05) is 0 Å². The summed E-state index contributed by atoms with van der Waals surface area (Å²) in [5, 5.41) is 2.72. The van der Waals surface area contributed by atoms with Gasteiger partial charge in [-0.05, 0) is 36.7 Å². The van der Waals surface area contributed by atoms with Crippen molar-refractivity contribution in [1.82, 2.24) is 9.69 Å². The van der Waals surface area contributed by atoms with E-state index < -0.39 is 6.04 Å². The summed E-state index contributed by atoms with van der Waals surface area (Å²) in [6.45, 7) is 1.82. The summed E-state index contributed by atoms with van der Waals surface area (Å²) in [4.78, 5) is 12.6. The van der Waals surface area contributed by atoms with E-state index in [-0.39, 0.29) is 10.9 Å². The van der Waals surface area contributed by atoms with E-state index in [4.69, 9.17) is 22.4 Å². The number of hydrogen-bond donors (Lipinski definition) is 2. The molecule has 1 unspecified atom stereocenters. The van der Waals surface area contributed by atoms with Gasteiger partial charge in [-0.15, -0.1) is 0 Å². The molecular weight excluding hydrogens is 270 g/mol. The topological polar surface area (TPSA) is 81.2 Å². The van der Waals surface area contributed by atoms with Gasteiger partial charge in [-0.1, -0.05) is 12.2 Å². The van der Waals surface area contributed by atoms with E-state index in [2.05, 4.69) is 9.69 Å². The number of rotatable bonds is 4. The van der Waals surface area contributed by atoms with Crippen molar-refractivity contribution in [3.63, 3.8) is 0 Å². The monoisotopic (exact) mass is 281 g/mol. The normalized spacial score (nSPS) is 12.1. The van der Waals surface area contributed by atoms with E-state index in [1.165, 1.54) is 6.26 Å². The molecule has 0 aromatic carbocycles. The van der Waals surface area contributed by atoms with Crippen molar-refractivity contribution in [2.24, 2.45) is 5.73 Å². The van der Waals surface area contributed by atoms with Crippen molar-refractivity contribution in [2.75, 3.05) is 0 Å². The number of carbonyl (C=O) groups excluding carboxylic acids is 1. The van der Waals surface area contributed by atoms with Gasteiger partial charge in [-0.25, -0.2) is 0 Å². The van der Waals surface area contributed by atoms with Gasteiger partial charge in [-0.3, -0.25) is 4.79 Å². The molecule has 0 aliphatic heterocycles. The second kappa shape index (κ2) is 5.28. The Labute approximate surface area is 113 Å². The first kappa shape index (κ1) is 12.7. The Morgan fingerprint density at radius 3 is 2.94 bits per heavy atom. The quantitative estimate of drug-likeness (QED) is 0.835. The van der Waals surface area contributed by atoms with E-state index in [9.17, 15) is 4.79 Å². The predicted molar refractivity (Wildman–Crippen MR) is 72.6 cm³/mol. The number of hydrogen-bond acceptors (Lipinski definition) is 5. The van der Waals surface area contributed by atoms with Crippen LogP contribution in [0.1, 0.15) is 27.2 Å². The highest BCUT2D eigenvalue weighted by atomic mass is 32.1. The summed E-state index contributed by atoms with van der Waals surface area (Å²) in [7, 11) is 0. The van der Waals surface area contributed by atoms with Crippen LogP contribution in [0.3, 0.4) is 0 Å². The number of amides is 1. The first-order chi connectivity index (χ1) is 8.58. The molecule has 2 heterocycles. The molecule has 2 rings (SSSR count). The zero-order valence-corrected chi connectivity index (χ0v) is 11.2. The van der Waals surface area contributed by atoms with E-state index in [1.54, 1.807) is 18.2 Å². The highest BCUT2D eigenvalue weighted by molar-refractivity contribution is 7.80. The molecule has 0 fully saturated rings. The van der Waals surface area contributed by atoms with Crippen molar-refractivity contribution in [1.29, 1.82) is 0 Å². The van der Waals surface area contributed by atoms with Gasteiger partial charge in [0.15, 0.2) is 0 Å². The Morgan fingerprint density at radius 2 is 2.44 bits per heavy atom. The summed E-state index contributed by atoms with van der Waals surface area (Å²) in [6, 6.07) is 4.52. The van der Waals surface area contributed by atoms with Crippen LogP contribution in [0.5, 0.6) is 0 Å². The zero-order valence-electron chi connectivity index (χ0n) is 9.54. The van der Waals surface area contributed by atoms with Crippen molar-refractivity contribution in [3.05, 3.63) is 40.8 Å². The predicted octanol–water partition coefficient (Wildman–Crippen LogP) is 1.80. The minimum absolute atomic E-state index is 0.152. The molecule has 94 valence electrons. The lowest BCUT2D eigenvalue weighted by atomic mass is 10.2. The standard InChI is InChI=1S/C11H11N3O2S2/c1-6-5-8(18-14-6)11(15)13-9(10(12)17)7-3-2-4-16-7/h2-5,9H,1H3,(H2,12,17)(H,13,15). The molecule has 3 N–H and O–H groups in total.